The summed E-state index contributed by atoms with van der Waals surface area (Å²) in [5.74, 6) is 1.27. The Morgan fingerprint density at radius 3 is 2.41 bits per heavy atom. The predicted molar refractivity (Wildman–Crippen MR) is 112 cm³/mol. The maximum Gasteiger partial charge on any atom is 0.233 e. The first-order valence-corrected chi connectivity index (χ1v) is 11.0. The van der Waals surface area contributed by atoms with E-state index in [1.54, 1.807) is 0 Å². The number of likely N-dealkylation sites (tertiary alicyclic amines) is 2. The third-order valence-corrected chi connectivity index (χ3v) is 7.65. The molecule has 1 atom stereocenters. The predicted octanol–water partition coefficient (Wildman–Crippen LogP) is 3.90. The van der Waals surface area contributed by atoms with Gasteiger partial charge in [0.1, 0.15) is 5.76 Å². The van der Waals surface area contributed by atoms with Crippen LogP contribution in [0.15, 0.2) is 28.8 Å². The lowest BCUT2D eigenvalue weighted by Gasteiger charge is -2.57. The van der Waals surface area contributed by atoms with Gasteiger partial charge in [-0.15, -0.1) is 0 Å². The van der Waals surface area contributed by atoms with Crippen LogP contribution in [-0.4, -0.2) is 46.0 Å². The zero-order valence-corrected chi connectivity index (χ0v) is 17.8. The molecular formula is C24H31N3O2. The fourth-order valence-electron chi connectivity index (χ4n) is 5.43. The van der Waals surface area contributed by atoms with Crippen molar-refractivity contribution < 1.29 is 9.32 Å². The Hall–Kier alpha value is -2.14. The first-order chi connectivity index (χ1) is 13.9. The van der Waals surface area contributed by atoms with E-state index in [0.29, 0.717) is 5.91 Å². The van der Waals surface area contributed by atoms with E-state index >= 15 is 0 Å². The average Bonchev–Trinajstić information content (AvgIpc) is 3.47. The van der Waals surface area contributed by atoms with Gasteiger partial charge in [-0.25, -0.2) is 0 Å². The minimum absolute atomic E-state index is 0.132. The number of nitrogens with zero attached hydrogens (tertiary/aromatic N) is 3. The zero-order chi connectivity index (χ0) is 20.2. The summed E-state index contributed by atoms with van der Waals surface area (Å²) in [5, 5.41) is 4.12. The van der Waals surface area contributed by atoms with Gasteiger partial charge in [0.25, 0.3) is 0 Å². The molecule has 154 valence electrons. The molecule has 1 saturated carbocycles. The fourth-order valence-corrected chi connectivity index (χ4v) is 5.43. The van der Waals surface area contributed by atoms with Gasteiger partial charge in [-0.1, -0.05) is 35.0 Å². The van der Waals surface area contributed by atoms with Gasteiger partial charge in [0.05, 0.1) is 11.1 Å². The van der Waals surface area contributed by atoms with Gasteiger partial charge in [-0.05, 0) is 58.4 Å². The smallest absolute Gasteiger partial charge is 0.233 e. The first kappa shape index (κ1) is 18.9. The van der Waals surface area contributed by atoms with E-state index in [9.17, 15) is 4.79 Å². The highest BCUT2D eigenvalue weighted by Gasteiger charge is 2.56. The molecule has 1 amide bonds. The minimum Gasteiger partial charge on any atom is -0.361 e. The quantitative estimate of drug-likeness (QED) is 0.791. The van der Waals surface area contributed by atoms with E-state index in [1.807, 2.05) is 13.8 Å². The van der Waals surface area contributed by atoms with Crippen molar-refractivity contribution in [3.63, 3.8) is 0 Å². The number of amides is 1. The highest BCUT2D eigenvalue weighted by molar-refractivity contribution is 5.91. The Morgan fingerprint density at radius 1 is 1.07 bits per heavy atom. The molecule has 1 aromatic heterocycles. The van der Waals surface area contributed by atoms with Gasteiger partial charge in [-0.3, -0.25) is 9.69 Å². The second-order valence-corrected chi connectivity index (χ2v) is 9.48. The monoisotopic (exact) mass is 393 g/mol. The van der Waals surface area contributed by atoms with Gasteiger partial charge in [0.15, 0.2) is 0 Å². The molecule has 3 heterocycles. The SMILES string of the molecule is Cc1ccc(C2(C(=O)N3CCC[C@]4(CCN4Cc4c(C)noc4C)C3)CC2)cc1. The number of rotatable bonds is 4. The molecule has 2 aromatic rings. The molecule has 0 N–H and O–H groups in total. The van der Waals surface area contributed by atoms with Gasteiger partial charge in [0.2, 0.25) is 5.91 Å². The number of aromatic nitrogens is 1. The second-order valence-electron chi connectivity index (χ2n) is 9.48. The van der Waals surface area contributed by atoms with Crippen molar-refractivity contribution in [2.45, 2.75) is 70.4 Å². The van der Waals surface area contributed by atoms with Crippen LogP contribution in [0.2, 0.25) is 0 Å². The normalized spacial score (nSPS) is 25.8. The topological polar surface area (TPSA) is 49.6 Å². The van der Waals surface area contributed by atoms with Crippen molar-refractivity contribution in [2.24, 2.45) is 0 Å². The van der Waals surface area contributed by atoms with Gasteiger partial charge in [-0.2, -0.15) is 0 Å². The highest BCUT2D eigenvalue weighted by Crippen LogP contribution is 2.51. The van der Waals surface area contributed by atoms with Crippen LogP contribution < -0.4 is 0 Å². The van der Waals surface area contributed by atoms with Crippen LogP contribution in [0.1, 0.15) is 60.2 Å². The Balaban J connectivity index is 1.33. The lowest BCUT2D eigenvalue weighted by Crippen LogP contribution is -2.67. The molecule has 1 aliphatic carbocycles. The van der Waals surface area contributed by atoms with Crippen LogP contribution in [0, 0.1) is 20.8 Å². The van der Waals surface area contributed by atoms with Crippen molar-refractivity contribution in [1.82, 2.24) is 15.0 Å². The summed E-state index contributed by atoms with van der Waals surface area (Å²) in [4.78, 5) is 18.3. The third-order valence-electron chi connectivity index (χ3n) is 7.65. The number of aryl methyl sites for hydroxylation is 3. The fraction of sp³-hybridized carbons (Fsp3) is 0.583. The average molecular weight is 394 g/mol. The van der Waals surface area contributed by atoms with Gasteiger partial charge >= 0.3 is 0 Å². The molecule has 2 aliphatic heterocycles. The number of piperidine rings is 1. The molecule has 1 spiro atoms. The van der Waals surface area contributed by atoms with E-state index < -0.39 is 0 Å². The number of benzene rings is 1. The van der Waals surface area contributed by atoms with Crippen molar-refractivity contribution in [1.29, 1.82) is 0 Å². The maximum atomic E-state index is 13.6. The van der Waals surface area contributed by atoms with E-state index in [4.69, 9.17) is 4.52 Å². The first-order valence-electron chi connectivity index (χ1n) is 11.0. The molecule has 3 aliphatic rings. The molecular weight excluding hydrogens is 362 g/mol. The molecule has 1 aromatic carbocycles. The Kier molecular flexibility index (Phi) is 4.35. The van der Waals surface area contributed by atoms with E-state index in [-0.39, 0.29) is 11.0 Å². The van der Waals surface area contributed by atoms with E-state index in [2.05, 4.69) is 46.1 Å². The standard InChI is InChI=1S/C24H31N3O2/c1-17-5-7-20(8-6-17)24(10-11-24)22(28)26-13-4-9-23(16-26)12-14-27(23)15-21-18(2)25-29-19(21)3/h5-8H,4,9-16H2,1-3H3/t23-/m0/s1. The third kappa shape index (κ3) is 3.02. The number of hydrogen-bond acceptors (Lipinski definition) is 4. The lowest BCUT2D eigenvalue weighted by atomic mass is 9.76. The van der Waals surface area contributed by atoms with Gasteiger partial charge in [0, 0.05) is 37.3 Å². The Bertz CT molecular complexity index is 909. The summed E-state index contributed by atoms with van der Waals surface area (Å²) in [6, 6.07) is 8.59. The van der Waals surface area contributed by atoms with Crippen LogP contribution in [0.3, 0.4) is 0 Å². The van der Waals surface area contributed by atoms with Gasteiger partial charge < -0.3 is 9.42 Å². The number of carbonyl (C=O) groups excluding carboxylic acids is 1. The summed E-state index contributed by atoms with van der Waals surface area (Å²) in [6.07, 6.45) is 5.42. The Labute approximate surface area is 173 Å². The van der Waals surface area contributed by atoms with E-state index in [0.717, 1.165) is 56.9 Å². The summed E-state index contributed by atoms with van der Waals surface area (Å²) < 4.78 is 5.37. The number of carbonyl (C=O) groups is 1. The van der Waals surface area contributed by atoms with Crippen LogP contribution in [0.25, 0.3) is 0 Å². The summed E-state index contributed by atoms with van der Waals surface area (Å²) in [6.45, 7) is 9.85. The van der Waals surface area contributed by atoms with Crippen LogP contribution in [-0.2, 0) is 16.8 Å². The highest BCUT2D eigenvalue weighted by atomic mass is 16.5. The molecule has 3 fully saturated rings. The lowest BCUT2D eigenvalue weighted by molar-refractivity contribution is -0.143. The molecule has 2 saturated heterocycles. The Morgan fingerprint density at radius 2 is 1.83 bits per heavy atom. The zero-order valence-electron chi connectivity index (χ0n) is 17.8. The second kappa shape index (κ2) is 6.69. The summed E-state index contributed by atoms with van der Waals surface area (Å²) >= 11 is 0. The van der Waals surface area contributed by atoms with Crippen molar-refractivity contribution in [3.05, 3.63) is 52.4 Å². The van der Waals surface area contributed by atoms with Crippen molar-refractivity contribution >= 4 is 5.91 Å². The largest absolute Gasteiger partial charge is 0.361 e. The molecule has 5 rings (SSSR count). The molecule has 29 heavy (non-hydrogen) atoms. The maximum absolute atomic E-state index is 13.6. The summed E-state index contributed by atoms with van der Waals surface area (Å²) in [7, 11) is 0. The molecule has 0 radical (unpaired) electrons. The van der Waals surface area contributed by atoms with Crippen LogP contribution in [0.5, 0.6) is 0 Å². The summed E-state index contributed by atoms with van der Waals surface area (Å²) in [5.41, 5.74) is 4.53. The van der Waals surface area contributed by atoms with Crippen molar-refractivity contribution in [3.8, 4) is 0 Å². The molecule has 0 bridgehead atoms. The molecule has 0 unspecified atom stereocenters. The van der Waals surface area contributed by atoms with Crippen LogP contribution in [0.4, 0.5) is 0 Å². The molecule has 5 heteroatoms. The number of hydrogen-bond donors (Lipinski definition) is 0. The van der Waals surface area contributed by atoms with E-state index in [1.165, 1.54) is 29.5 Å². The van der Waals surface area contributed by atoms with Crippen LogP contribution >= 0.6 is 0 Å². The molecule has 5 nitrogen and oxygen atoms in total. The van der Waals surface area contributed by atoms with Crippen molar-refractivity contribution in [2.75, 3.05) is 19.6 Å². The minimum atomic E-state index is -0.261.